The van der Waals surface area contributed by atoms with Crippen LogP contribution in [0.3, 0.4) is 0 Å². The molecule has 1 aliphatic heterocycles. The summed E-state index contributed by atoms with van der Waals surface area (Å²) in [7, 11) is -3.43. The second-order valence-electron chi connectivity index (χ2n) is 5.69. The van der Waals surface area contributed by atoms with Crippen molar-refractivity contribution in [1.29, 1.82) is 0 Å². The van der Waals surface area contributed by atoms with E-state index in [1.807, 2.05) is 24.3 Å². The first-order valence-electron chi connectivity index (χ1n) is 7.65. The molecule has 1 fully saturated rings. The van der Waals surface area contributed by atoms with Gasteiger partial charge >= 0.3 is 0 Å². The Balaban J connectivity index is 1.94. The predicted molar refractivity (Wildman–Crippen MR) is 96.9 cm³/mol. The molecule has 1 saturated heterocycles. The molecule has 2 rings (SSSR count). The minimum absolute atomic E-state index is 0.132. The molecular formula is C16H22ClN3O3S. The average Bonchev–Trinajstić information content (AvgIpc) is 2.53. The molecule has 0 atom stereocenters. The van der Waals surface area contributed by atoms with Crippen molar-refractivity contribution in [2.24, 2.45) is 0 Å². The summed E-state index contributed by atoms with van der Waals surface area (Å²) in [6, 6.07) is 7.60. The van der Waals surface area contributed by atoms with Gasteiger partial charge in [0, 0.05) is 43.4 Å². The fraction of sp³-hybridized carbons (Fsp3) is 0.438. The second-order valence-corrected chi connectivity index (χ2v) is 8.11. The van der Waals surface area contributed by atoms with Gasteiger partial charge in [-0.1, -0.05) is 23.7 Å². The molecular weight excluding hydrogens is 350 g/mol. The van der Waals surface area contributed by atoms with E-state index in [0.29, 0.717) is 31.2 Å². The Morgan fingerprint density at radius 3 is 2.54 bits per heavy atom. The Morgan fingerprint density at radius 1 is 1.33 bits per heavy atom. The van der Waals surface area contributed by atoms with Gasteiger partial charge in [-0.3, -0.25) is 4.79 Å². The summed E-state index contributed by atoms with van der Waals surface area (Å²) < 4.78 is 24.5. The van der Waals surface area contributed by atoms with E-state index in [-0.39, 0.29) is 19.0 Å². The molecule has 1 heterocycles. The normalized spacial score (nSPS) is 15.6. The first-order chi connectivity index (χ1) is 11.3. The molecule has 0 unspecified atom stereocenters. The van der Waals surface area contributed by atoms with E-state index in [2.05, 4.69) is 11.5 Å². The van der Waals surface area contributed by atoms with Crippen molar-refractivity contribution in [2.45, 2.75) is 0 Å². The Bertz CT molecular complexity index is 700. The van der Waals surface area contributed by atoms with Crippen LogP contribution in [0.4, 0.5) is 5.69 Å². The lowest BCUT2D eigenvalue weighted by molar-refractivity contribution is -0.131. The maximum absolute atomic E-state index is 12.4. The smallest absolute Gasteiger partial charge is 0.238 e. The molecule has 0 radical (unpaired) electrons. The van der Waals surface area contributed by atoms with Gasteiger partial charge in [-0.2, -0.15) is 4.31 Å². The van der Waals surface area contributed by atoms with Gasteiger partial charge in [0.15, 0.2) is 0 Å². The van der Waals surface area contributed by atoms with E-state index in [4.69, 9.17) is 11.6 Å². The fourth-order valence-electron chi connectivity index (χ4n) is 2.60. The van der Waals surface area contributed by atoms with Crippen molar-refractivity contribution >= 4 is 33.2 Å². The van der Waals surface area contributed by atoms with Crippen LogP contribution < -0.4 is 4.90 Å². The van der Waals surface area contributed by atoms with Crippen LogP contribution in [0, 0.1) is 0 Å². The predicted octanol–water partition coefficient (Wildman–Crippen LogP) is 1.44. The van der Waals surface area contributed by atoms with E-state index >= 15 is 0 Å². The molecule has 0 aromatic heterocycles. The molecule has 24 heavy (non-hydrogen) atoms. The molecule has 1 aliphatic rings. The lowest BCUT2D eigenvalue weighted by atomic mass is 10.2. The summed E-state index contributed by atoms with van der Waals surface area (Å²) in [5, 5.41) is 0.680. The SMILES string of the molecule is C=CCN(CC(=O)N1CCN(c2cccc(Cl)c2)CC1)S(C)(=O)=O. The highest BCUT2D eigenvalue weighted by molar-refractivity contribution is 7.88. The molecule has 0 N–H and O–H groups in total. The van der Waals surface area contributed by atoms with Crippen molar-refractivity contribution in [3.63, 3.8) is 0 Å². The lowest BCUT2D eigenvalue weighted by Crippen LogP contribution is -2.51. The molecule has 0 spiro atoms. The minimum Gasteiger partial charge on any atom is -0.368 e. The number of hydrogen-bond acceptors (Lipinski definition) is 4. The number of rotatable bonds is 6. The molecule has 1 amide bonds. The Labute approximate surface area is 148 Å². The lowest BCUT2D eigenvalue weighted by Gasteiger charge is -2.36. The number of amides is 1. The first kappa shape index (κ1) is 18.8. The number of anilines is 1. The third-order valence-electron chi connectivity index (χ3n) is 3.92. The van der Waals surface area contributed by atoms with Crippen LogP contribution in [0.5, 0.6) is 0 Å². The van der Waals surface area contributed by atoms with Crippen molar-refractivity contribution in [1.82, 2.24) is 9.21 Å². The van der Waals surface area contributed by atoms with E-state index in [0.717, 1.165) is 16.2 Å². The molecule has 1 aromatic carbocycles. The van der Waals surface area contributed by atoms with Crippen LogP contribution in [0.15, 0.2) is 36.9 Å². The highest BCUT2D eigenvalue weighted by Gasteiger charge is 2.25. The van der Waals surface area contributed by atoms with Gasteiger partial charge in [0.1, 0.15) is 0 Å². The summed E-state index contributed by atoms with van der Waals surface area (Å²) in [6.07, 6.45) is 2.58. The van der Waals surface area contributed by atoms with Gasteiger partial charge in [0.05, 0.1) is 12.8 Å². The number of benzene rings is 1. The zero-order valence-electron chi connectivity index (χ0n) is 13.7. The molecule has 132 valence electrons. The van der Waals surface area contributed by atoms with Crippen LogP contribution in [0.1, 0.15) is 0 Å². The van der Waals surface area contributed by atoms with Crippen LogP contribution in [-0.4, -0.2) is 69.1 Å². The quantitative estimate of drug-likeness (QED) is 0.710. The molecule has 0 bridgehead atoms. The average molecular weight is 372 g/mol. The fourth-order valence-corrected chi connectivity index (χ4v) is 3.50. The van der Waals surface area contributed by atoms with Gasteiger partial charge in [0.2, 0.25) is 15.9 Å². The summed E-state index contributed by atoms with van der Waals surface area (Å²) in [6.45, 7) is 6.00. The van der Waals surface area contributed by atoms with E-state index in [1.165, 1.54) is 6.08 Å². The van der Waals surface area contributed by atoms with E-state index in [9.17, 15) is 13.2 Å². The van der Waals surface area contributed by atoms with Gasteiger partial charge in [-0.05, 0) is 18.2 Å². The van der Waals surface area contributed by atoms with Crippen molar-refractivity contribution in [3.8, 4) is 0 Å². The number of carbonyl (C=O) groups excluding carboxylic acids is 1. The van der Waals surface area contributed by atoms with Gasteiger partial charge in [-0.15, -0.1) is 6.58 Å². The molecule has 0 aliphatic carbocycles. The van der Waals surface area contributed by atoms with Crippen LogP contribution in [0.25, 0.3) is 0 Å². The van der Waals surface area contributed by atoms with Crippen LogP contribution >= 0.6 is 11.6 Å². The summed E-state index contributed by atoms with van der Waals surface area (Å²) >= 11 is 6.01. The molecule has 0 saturated carbocycles. The Morgan fingerprint density at radius 2 is 2.00 bits per heavy atom. The van der Waals surface area contributed by atoms with Crippen LogP contribution in [0.2, 0.25) is 5.02 Å². The van der Waals surface area contributed by atoms with E-state index in [1.54, 1.807) is 4.90 Å². The Kier molecular flexibility index (Phi) is 6.26. The van der Waals surface area contributed by atoms with Crippen LogP contribution in [-0.2, 0) is 14.8 Å². The van der Waals surface area contributed by atoms with Crippen molar-refractivity contribution in [3.05, 3.63) is 41.9 Å². The monoisotopic (exact) mass is 371 g/mol. The van der Waals surface area contributed by atoms with Gasteiger partial charge in [-0.25, -0.2) is 8.42 Å². The van der Waals surface area contributed by atoms with Crippen molar-refractivity contribution < 1.29 is 13.2 Å². The molecule has 8 heteroatoms. The molecule has 6 nitrogen and oxygen atoms in total. The summed E-state index contributed by atoms with van der Waals surface area (Å²) in [5.74, 6) is -0.187. The third-order valence-corrected chi connectivity index (χ3v) is 5.37. The highest BCUT2D eigenvalue weighted by atomic mass is 35.5. The number of carbonyl (C=O) groups is 1. The maximum atomic E-state index is 12.4. The first-order valence-corrected chi connectivity index (χ1v) is 9.88. The largest absolute Gasteiger partial charge is 0.368 e. The number of piperazine rings is 1. The van der Waals surface area contributed by atoms with Gasteiger partial charge in [0.25, 0.3) is 0 Å². The van der Waals surface area contributed by atoms with Gasteiger partial charge < -0.3 is 9.80 Å². The maximum Gasteiger partial charge on any atom is 0.238 e. The zero-order chi connectivity index (χ0) is 17.7. The highest BCUT2D eigenvalue weighted by Crippen LogP contribution is 2.20. The Hall–Kier alpha value is -1.57. The van der Waals surface area contributed by atoms with E-state index < -0.39 is 10.0 Å². The minimum atomic E-state index is -3.43. The standard InChI is InChI=1S/C16H22ClN3O3S/c1-3-7-20(24(2,22)23)13-16(21)19-10-8-18(9-11-19)15-6-4-5-14(17)12-15/h3-6,12H,1,7-11,13H2,2H3. The topological polar surface area (TPSA) is 60.9 Å². The molecule has 1 aromatic rings. The number of nitrogens with zero attached hydrogens (tertiary/aromatic N) is 3. The third kappa shape index (κ3) is 4.96. The summed E-state index contributed by atoms with van der Waals surface area (Å²) in [5.41, 5.74) is 1.03. The summed E-state index contributed by atoms with van der Waals surface area (Å²) in [4.78, 5) is 16.2. The second kappa shape index (κ2) is 8.00. The number of hydrogen-bond donors (Lipinski definition) is 0. The zero-order valence-corrected chi connectivity index (χ0v) is 15.3. The number of sulfonamides is 1. The van der Waals surface area contributed by atoms with Crippen molar-refractivity contribution in [2.75, 3.05) is 50.4 Å². The number of halogens is 1.